The van der Waals surface area contributed by atoms with Gasteiger partial charge in [-0.1, -0.05) is 28.9 Å². The van der Waals surface area contributed by atoms with Gasteiger partial charge in [0.05, 0.1) is 5.56 Å². The van der Waals surface area contributed by atoms with Gasteiger partial charge in [0.25, 0.3) is 5.91 Å². The van der Waals surface area contributed by atoms with Crippen LogP contribution in [0, 0.1) is 6.92 Å². The number of nitrogens with one attached hydrogen (secondary N) is 2. The summed E-state index contributed by atoms with van der Waals surface area (Å²) in [6, 6.07) is 5.66. The monoisotopic (exact) mass is 348 g/mol. The summed E-state index contributed by atoms with van der Waals surface area (Å²) >= 11 is 3.44. The Kier molecular flexibility index (Phi) is 5.27. The number of anilines is 2. The fourth-order valence-corrected chi connectivity index (χ4v) is 2.03. The number of halogens is 1. The molecule has 1 amide bonds. The van der Waals surface area contributed by atoms with E-state index in [1.165, 1.54) is 12.4 Å². The number of amides is 1. The highest BCUT2D eigenvalue weighted by molar-refractivity contribution is 9.10. The topological polar surface area (TPSA) is 66.9 Å². The molecule has 5 nitrogen and oxygen atoms in total. The number of aromatic nitrogens is 2. The van der Waals surface area contributed by atoms with Gasteiger partial charge in [0.15, 0.2) is 0 Å². The van der Waals surface area contributed by atoms with Gasteiger partial charge in [-0.2, -0.15) is 0 Å². The van der Waals surface area contributed by atoms with E-state index >= 15 is 0 Å². The minimum Gasteiger partial charge on any atom is -0.354 e. The Balaban J connectivity index is 2.04. The van der Waals surface area contributed by atoms with E-state index in [1.807, 2.05) is 25.1 Å². The Bertz CT molecular complexity index is 628. The van der Waals surface area contributed by atoms with Gasteiger partial charge in [0.2, 0.25) is 5.95 Å². The molecule has 1 aromatic carbocycles. The summed E-state index contributed by atoms with van der Waals surface area (Å²) in [5.74, 6) is 0.305. The van der Waals surface area contributed by atoms with Crippen LogP contribution >= 0.6 is 15.9 Å². The highest BCUT2D eigenvalue weighted by Gasteiger charge is 2.08. The van der Waals surface area contributed by atoms with Crippen LogP contribution in [-0.4, -0.2) is 22.4 Å². The molecule has 0 aliphatic rings. The predicted octanol–water partition coefficient (Wildman–Crippen LogP) is 3.62. The molecule has 0 saturated carbocycles. The van der Waals surface area contributed by atoms with Crippen molar-refractivity contribution in [3.05, 3.63) is 46.2 Å². The van der Waals surface area contributed by atoms with Crippen LogP contribution in [-0.2, 0) is 0 Å². The highest BCUT2D eigenvalue weighted by Crippen LogP contribution is 2.21. The van der Waals surface area contributed by atoms with E-state index in [0.29, 0.717) is 11.5 Å². The van der Waals surface area contributed by atoms with E-state index in [4.69, 9.17) is 0 Å². The van der Waals surface area contributed by atoms with Gasteiger partial charge in [0.1, 0.15) is 0 Å². The molecule has 21 heavy (non-hydrogen) atoms. The van der Waals surface area contributed by atoms with Crippen molar-refractivity contribution in [2.45, 2.75) is 20.3 Å². The third-order valence-corrected chi connectivity index (χ3v) is 3.73. The van der Waals surface area contributed by atoms with Gasteiger partial charge in [0, 0.05) is 29.1 Å². The summed E-state index contributed by atoms with van der Waals surface area (Å²) in [6.45, 7) is 4.86. The van der Waals surface area contributed by atoms with Crippen LogP contribution in [0.2, 0.25) is 0 Å². The minimum atomic E-state index is -0.229. The number of nitrogens with zero attached hydrogens (tertiary/aromatic N) is 2. The Hall–Kier alpha value is -1.95. The standard InChI is InChI=1S/C15H17BrN4O/c1-3-6-17-15-18-8-11(9-19-15)14(21)20-12-5-4-10(2)13(16)7-12/h4-5,7-9H,3,6H2,1-2H3,(H,20,21)(H,17,18,19). The van der Waals surface area contributed by atoms with Crippen LogP contribution in [0.15, 0.2) is 35.1 Å². The average Bonchev–Trinajstić information content (AvgIpc) is 2.49. The van der Waals surface area contributed by atoms with E-state index in [2.05, 4.69) is 43.5 Å². The molecule has 1 heterocycles. The summed E-state index contributed by atoms with van der Waals surface area (Å²) in [6.07, 6.45) is 4.03. The highest BCUT2D eigenvalue weighted by atomic mass is 79.9. The number of carbonyl (C=O) groups excluding carboxylic acids is 1. The first kappa shape index (κ1) is 15.4. The van der Waals surface area contributed by atoms with Gasteiger partial charge < -0.3 is 10.6 Å². The smallest absolute Gasteiger partial charge is 0.258 e. The second-order valence-electron chi connectivity index (χ2n) is 4.64. The lowest BCUT2D eigenvalue weighted by molar-refractivity contribution is 0.102. The Morgan fingerprint density at radius 1 is 1.29 bits per heavy atom. The van der Waals surface area contributed by atoms with Crippen molar-refractivity contribution in [3.8, 4) is 0 Å². The number of hydrogen-bond donors (Lipinski definition) is 2. The van der Waals surface area contributed by atoms with Crippen molar-refractivity contribution in [2.24, 2.45) is 0 Å². The van der Waals surface area contributed by atoms with Crippen LogP contribution in [0.5, 0.6) is 0 Å². The molecule has 0 atom stereocenters. The second kappa shape index (κ2) is 7.17. The number of rotatable bonds is 5. The third-order valence-electron chi connectivity index (χ3n) is 2.88. The molecule has 0 fully saturated rings. The van der Waals surface area contributed by atoms with Crippen molar-refractivity contribution in [2.75, 3.05) is 17.2 Å². The summed E-state index contributed by atoms with van der Waals surface area (Å²) < 4.78 is 0.954. The van der Waals surface area contributed by atoms with E-state index < -0.39 is 0 Å². The van der Waals surface area contributed by atoms with E-state index in [-0.39, 0.29) is 5.91 Å². The lowest BCUT2D eigenvalue weighted by Crippen LogP contribution is -2.13. The van der Waals surface area contributed by atoms with Gasteiger partial charge >= 0.3 is 0 Å². The first-order valence-corrected chi connectivity index (χ1v) is 7.53. The number of carbonyl (C=O) groups is 1. The van der Waals surface area contributed by atoms with Gasteiger partial charge in [-0.15, -0.1) is 0 Å². The predicted molar refractivity (Wildman–Crippen MR) is 87.6 cm³/mol. The van der Waals surface area contributed by atoms with Crippen LogP contribution in [0.3, 0.4) is 0 Å². The second-order valence-corrected chi connectivity index (χ2v) is 5.49. The number of benzene rings is 1. The quantitative estimate of drug-likeness (QED) is 0.865. The number of aryl methyl sites for hydroxylation is 1. The summed E-state index contributed by atoms with van der Waals surface area (Å²) in [5.41, 5.74) is 2.27. The minimum absolute atomic E-state index is 0.229. The van der Waals surface area contributed by atoms with E-state index in [0.717, 1.165) is 28.7 Å². The summed E-state index contributed by atoms with van der Waals surface area (Å²) in [4.78, 5) is 20.3. The SMILES string of the molecule is CCCNc1ncc(C(=O)Nc2ccc(C)c(Br)c2)cn1. The molecule has 2 aromatic rings. The maximum atomic E-state index is 12.1. The molecule has 1 aromatic heterocycles. The van der Waals surface area contributed by atoms with Crippen molar-refractivity contribution < 1.29 is 4.79 Å². The van der Waals surface area contributed by atoms with E-state index in [1.54, 1.807) is 0 Å². The lowest BCUT2D eigenvalue weighted by atomic mass is 10.2. The Labute approximate surface area is 132 Å². The number of hydrogen-bond acceptors (Lipinski definition) is 4. The van der Waals surface area contributed by atoms with Crippen LogP contribution in [0.25, 0.3) is 0 Å². The maximum Gasteiger partial charge on any atom is 0.258 e. The zero-order chi connectivity index (χ0) is 15.2. The lowest BCUT2D eigenvalue weighted by Gasteiger charge is -2.07. The molecular formula is C15H17BrN4O. The Morgan fingerprint density at radius 3 is 2.62 bits per heavy atom. The molecule has 0 aliphatic carbocycles. The summed E-state index contributed by atoms with van der Waals surface area (Å²) in [5, 5.41) is 5.88. The van der Waals surface area contributed by atoms with E-state index in [9.17, 15) is 4.79 Å². The molecule has 2 rings (SSSR count). The fourth-order valence-electron chi connectivity index (χ4n) is 1.65. The Morgan fingerprint density at radius 2 is 2.00 bits per heavy atom. The molecule has 0 bridgehead atoms. The molecule has 0 spiro atoms. The molecular weight excluding hydrogens is 332 g/mol. The molecule has 0 aliphatic heterocycles. The summed E-state index contributed by atoms with van der Waals surface area (Å²) in [7, 11) is 0. The molecule has 0 radical (unpaired) electrons. The first-order chi connectivity index (χ1) is 10.1. The molecule has 0 unspecified atom stereocenters. The maximum absolute atomic E-state index is 12.1. The van der Waals surface area contributed by atoms with Crippen molar-refractivity contribution in [1.82, 2.24) is 9.97 Å². The van der Waals surface area contributed by atoms with Gasteiger partial charge in [-0.05, 0) is 31.0 Å². The molecule has 0 saturated heterocycles. The average molecular weight is 349 g/mol. The van der Waals surface area contributed by atoms with Crippen molar-refractivity contribution in [1.29, 1.82) is 0 Å². The van der Waals surface area contributed by atoms with Crippen molar-refractivity contribution in [3.63, 3.8) is 0 Å². The van der Waals surface area contributed by atoms with Gasteiger partial charge in [-0.3, -0.25) is 4.79 Å². The van der Waals surface area contributed by atoms with Crippen LogP contribution < -0.4 is 10.6 Å². The molecule has 2 N–H and O–H groups in total. The third kappa shape index (κ3) is 4.26. The molecule has 6 heteroatoms. The van der Waals surface area contributed by atoms with Gasteiger partial charge in [-0.25, -0.2) is 9.97 Å². The first-order valence-electron chi connectivity index (χ1n) is 6.73. The zero-order valence-corrected chi connectivity index (χ0v) is 13.6. The van der Waals surface area contributed by atoms with Crippen LogP contribution in [0.1, 0.15) is 29.3 Å². The largest absolute Gasteiger partial charge is 0.354 e. The van der Waals surface area contributed by atoms with Crippen molar-refractivity contribution >= 4 is 33.5 Å². The zero-order valence-electron chi connectivity index (χ0n) is 12.0. The molecule has 110 valence electrons. The normalized spacial score (nSPS) is 10.2. The fraction of sp³-hybridized carbons (Fsp3) is 0.267. The van der Waals surface area contributed by atoms with Crippen LogP contribution in [0.4, 0.5) is 11.6 Å².